The van der Waals surface area contributed by atoms with Crippen molar-refractivity contribution in [1.29, 1.82) is 0 Å². The van der Waals surface area contributed by atoms with Gasteiger partial charge in [0.15, 0.2) is 0 Å². The Morgan fingerprint density at radius 3 is 2.89 bits per heavy atom. The largest absolute Gasteiger partial charge is 0.312 e. The molecule has 0 aromatic heterocycles. The molecule has 1 unspecified atom stereocenters. The quantitative estimate of drug-likeness (QED) is 0.893. The second-order valence-electron chi connectivity index (χ2n) is 5.68. The molecular weight excluding hydrogens is 307 g/mol. The van der Waals surface area contributed by atoms with Gasteiger partial charge in [0, 0.05) is 35.2 Å². The van der Waals surface area contributed by atoms with Gasteiger partial charge in [0.05, 0.1) is 0 Å². The fourth-order valence-corrected chi connectivity index (χ4v) is 3.13. The van der Waals surface area contributed by atoms with Crippen molar-refractivity contribution >= 4 is 15.9 Å². The van der Waals surface area contributed by atoms with E-state index in [2.05, 4.69) is 26.1 Å². The summed E-state index contributed by atoms with van der Waals surface area (Å²) in [5, 5.41) is 3.60. The number of nitrogens with one attached hydrogen (secondary N) is 1. The second kappa shape index (κ2) is 5.90. The van der Waals surface area contributed by atoms with Crippen molar-refractivity contribution in [3.8, 4) is 0 Å². The number of hydrogen-bond acceptors (Lipinski definition) is 2. The first-order valence-corrected chi connectivity index (χ1v) is 7.93. The molecule has 1 N–H and O–H groups in total. The lowest BCUT2D eigenvalue weighted by Gasteiger charge is -2.25. The Bertz CT molecular complexity index is 448. The van der Waals surface area contributed by atoms with Crippen molar-refractivity contribution in [3.05, 3.63) is 34.1 Å². The summed E-state index contributed by atoms with van der Waals surface area (Å²) in [6.07, 6.45) is 5.12. The molecule has 1 aromatic carbocycles. The normalized spacial score (nSPS) is 24.0. The molecule has 3 rings (SSSR count). The van der Waals surface area contributed by atoms with Crippen molar-refractivity contribution in [1.82, 2.24) is 10.2 Å². The number of halogens is 2. The maximum atomic E-state index is 13.9. The fraction of sp³-hybridized carbons (Fsp3) is 0.600. The molecule has 0 radical (unpaired) electrons. The van der Waals surface area contributed by atoms with Crippen LogP contribution >= 0.6 is 15.9 Å². The van der Waals surface area contributed by atoms with E-state index in [1.165, 1.54) is 25.7 Å². The molecule has 0 spiro atoms. The van der Waals surface area contributed by atoms with Gasteiger partial charge in [-0.25, -0.2) is 4.39 Å². The molecule has 1 aliphatic heterocycles. The molecule has 0 bridgehead atoms. The molecule has 1 saturated heterocycles. The minimum atomic E-state index is -0.102. The van der Waals surface area contributed by atoms with Crippen molar-refractivity contribution in [3.63, 3.8) is 0 Å². The van der Waals surface area contributed by atoms with Gasteiger partial charge in [-0.3, -0.25) is 4.90 Å². The van der Waals surface area contributed by atoms with E-state index in [-0.39, 0.29) is 5.82 Å². The Kier molecular flexibility index (Phi) is 4.20. The van der Waals surface area contributed by atoms with Crippen molar-refractivity contribution < 1.29 is 4.39 Å². The van der Waals surface area contributed by atoms with Crippen molar-refractivity contribution in [2.24, 2.45) is 0 Å². The summed E-state index contributed by atoms with van der Waals surface area (Å²) in [4.78, 5) is 2.42. The molecule has 19 heavy (non-hydrogen) atoms. The number of nitrogens with zero attached hydrogens (tertiary/aromatic N) is 1. The van der Waals surface area contributed by atoms with Gasteiger partial charge >= 0.3 is 0 Å². The Balaban J connectivity index is 1.60. The number of benzene rings is 1. The number of hydrogen-bond donors (Lipinski definition) is 1. The van der Waals surface area contributed by atoms with Gasteiger partial charge in [-0.1, -0.05) is 22.0 Å². The SMILES string of the molecule is Fc1cc(Br)ccc1CN1CCCC1CNC1CC1. The Labute approximate surface area is 122 Å². The third-order valence-electron chi connectivity index (χ3n) is 4.11. The van der Waals surface area contributed by atoms with Crippen LogP contribution in [0, 0.1) is 5.82 Å². The van der Waals surface area contributed by atoms with Crippen LogP contribution in [0.3, 0.4) is 0 Å². The van der Waals surface area contributed by atoms with Crippen LogP contribution in [0.2, 0.25) is 0 Å². The van der Waals surface area contributed by atoms with E-state index in [4.69, 9.17) is 0 Å². The second-order valence-corrected chi connectivity index (χ2v) is 6.60. The zero-order valence-corrected chi connectivity index (χ0v) is 12.6. The van der Waals surface area contributed by atoms with E-state index in [1.54, 1.807) is 6.07 Å². The lowest BCUT2D eigenvalue weighted by molar-refractivity contribution is 0.236. The van der Waals surface area contributed by atoms with Crippen LogP contribution in [0.4, 0.5) is 4.39 Å². The summed E-state index contributed by atoms with van der Waals surface area (Å²) in [6.45, 7) is 2.88. The smallest absolute Gasteiger partial charge is 0.128 e. The van der Waals surface area contributed by atoms with Crippen molar-refractivity contribution in [2.45, 2.75) is 44.3 Å². The monoisotopic (exact) mass is 326 g/mol. The minimum absolute atomic E-state index is 0.102. The van der Waals surface area contributed by atoms with Crippen LogP contribution in [0.25, 0.3) is 0 Å². The Hall–Kier alpha value is -0.450. The highest BCUT2D eigenvalue weighted by atomic mass is 79.9. The van der Waals surface area contributed by atoms with E-state index in [1.807, 2.05) is 12.1 Å². The summed E-state index contributed by atoms with van der Waals surface area (Å²) >= 11 is 3.30. The van der Waals surface area contributed by atoms with E-state index < -0.39 is 0 Å². The van der Waals surface area contributed by atoms with Crippen LogP contribution in [-0.2, 0) is 6.54 Å². The first-order chi connectivity index (χ1) is 9.22. The lowest BCUT2D eigenvalue weighted by atomic mass is 10.1. The highest BCUT2D eigenvalue weighted by Gasteiger charge is 2.28. The standard InChI is InChI=1S/C15H20BrFN2/c16-12-4-3-11(15(17)8-12)10-19-7-1-2-14(19)9-18-13-5-6-13/h3-4,8,13-14,18H,1-2,5-7,9-10H2. The molecule has 1 atom stereocenters. The summed E-state index contributed by atoms with van der Waals surface area (Å²) in [5.74, 6) is -0.102. The summed E-state index contributed by atoms with van der Waals surface area (Å²) in [7, 11) is 0. The van der Waals surface area contributed by atoms with E-state index >= 15 is 0 Å². The average molecular weight is 327 g/mol. The number of rotatable bonds is 5. The first kappa shape index (κ1) is 13.5. The molecular formula is C15H20BrFN2. The molecule has 1 heterocycles. The lowest BCUT2D eigenvalue weighted by Crippen LogP contribution is -2.38. The van der Waals surface area contributed by atoms with Crippen LogP contribution in [0.1, 0.15) is 31.2 Å². The predicted octanol–water partition coefficient (Wildman–Crippen LogP) is 3.30. The third-order valence-corrected chi connectivity index (χ3v) is 4.60. The van der Waals surface area contributed by atoms with Gasteiger partial charge in [-0.05, 0) is 44.4 Å². The van der Waals surface area contributed by atoms with Gasteiger partial charge in [-0.15, -0.1) is 0 Å². The van der Waals surface area contributed by atoms with Gasteiger partial charge in [0.25, 0.3) is 0 Å². The zero-order chi connectivity index (χ0) is 13.2. The van der Waals surface area contributed by atoms with E-state index in [9.17, 15) is 4.39 Å². The topological polar surface area (TPSA) is 15.3 Å². The van der Waals surface area contributed by atoms with E-state index in [0.717, 1.165) is 35.7 Å². The fourth-order valence-electron chi connectivity index (χ4n) is 2.79. The predicted molar refractivity (Wildman–Crippen MR) is 78.6 cm³/mol. The average Bonchev–Trinajstić information content (AvgIpc) is 3.11. The summed E-state index contributed by atoms with van der Waals surface area (Å²) in [5.41, 5.74) is 0.807. The Morgan fingerprint density at radius 1 is 1.32 bits per heavy atom. The van der Waals surface area contributed by atoms with Crippen LogP contribution in [0.15, 0.2) is 22.7 Å². The van der Waals surface area contributed by atoms with Crippen LogP contribution in [0.5, 0.6) is 0 Å². The molecule has 0 amide bonds. The van der Waals surface area contributed by atoms with Crippen molar-refractivity contribution in [2.75, 3.05) is 13.1 Å². The van der Waals surface area contributed by atoms with Crippen LogP contribution in [-0.4, -0.2) is 30.1 Å². The van der Waals surface area contributed by atoms with Gasteiger partial charge < -0.3 is 5.32 Å². The first-order valence-electron chi connectivity index (χ1n) is 7.14. The highest BCUT2D eigenvalue weighted by molar-refractivity contribution is 9.10. The highest BCUT2D eigenvalue weighted by Crippen LogP contribution is 2.24. The minimum Gasteiger partial charge on any atom is -0.312 e. The molecule has 1 saturated carbocycles. The molecule has 1 aliphatic carbocycles. The van der Waals surface area contributed by atoms with Gasteiger partial charge in [0.2, 0.25) is 0 Å². The molecule has 104 valence electrons. The molecule has 2 nitrogen and oxygen atoms in total. The maximum Gasteiger partial charge on any atom is 0.128 e. The third kappa shape index (κ3) is 3.56. The van der Waals surface area contributed by atoms with Gasteiger partial charge in [-0.2, -0.15) is 0 Å². The molecule has 2 aliphatic rings. The Morgan fingerprint density at radius 2 is 2.16 bits per heavy atom. The summed E-state index contributed by atoms with van der Waals surface area (Å²) < 4.78 is 14.7. The maximum absolute atomic E-state index is 13.9. The summed E-state index contributed by atoms with van der Waals surface area (Å²) in [6, 6.07) is 6.70. The molecule has 1 aromatic rings. The van der Waals surface area contributed by atoms with Gasteiger partial charge in [0.1, 0.15) is 5.82 Å². The molecule has 2 fully saturated rings. The number of likely N-dealkylation sites (tertiary alicyclic amines) is 1. The molecule has 4 heteroatoms. The van der Waals surface area contributed by atoms with E-state index in [0.29, 0.717) is 6.04 Å². The van der Waals surface area contributed by atoms with Crippen LogP contribution < -0.4 is 5.32 Å². The zero-order valence-electron chi connectivity index (χ0n) is 11.0.